The molecule has 0 aromatic rings. The van der Waals surface area contributed by atoms with Gasteiger partial charge < -0.3 is 10.2 Å². The summed E-state index contributed by atoms with van der Waals surface area (Å²) >= 11 is 0. The van der Waals surface area contributed by atoms with Crippen LogP contribution in [0.3, 0.4) is 0 Å². The van der Waals surface area contributed by atoms with E-state index in [0.717, 1.165) is 17.9 Å². The quantitative estimate of drug-likeness (QED) is 0.826. The highest BCUT2D eigenvalue weighted by Crippen LogP contribution is 2.27. The van der Waals surface area contributed by atoms with E-state index in [0.29, 0.717) is 6.04 Å². The molecule has 0 radical (unpaired) electrons. The highest BCUT2D eigenvalue weighted by molar-refractivity contribution is 4.83. The van der Waals surface area contributed by atoms with E-state index >= 15 is 0 Å². The Balaban J connectivity index is 1.73. The third-order valence-electron chi connectivity index (χ3n) is 5.35. The van der Waals surface area contributed by atoms with Crippen LogP contribution in [0.1, 0.15) is 58.8 Å². The molecule has 0 bridgehead atoms. The third kappa shape index (κ3) is 3.96. The van der Waals surface area contributed by atoms with E-state index in [2.05, 4.69) is 31.1 Å². The highest BCUT2D eigenvalue weighted by atomic mass is 15.1. The number of rotatable bonds is 4. The van der Waals surface area contributed by atoms with E-state index in [1.54, 1.807) is 0 Å². The summed E-state index contributed by atoms with van der Waals surface area (Å²) in [6.07, 6.45) is 10.0. The Bertz CT molecular complexity index is 227. The van der Waals surface area contributed by atoms with Gasteiger partial charge in [-0.3, -0.25) is 0 Å². The monoisotopic (exact) mass is 252 g/mol. The Morgan fingerprint density at radius 1 is 0.833 bits per heavy atom. The Morgan fingerprint density at radius 2 is 1.33 bits per heavy atom. The molecule has 0 amide bonds. The van der Waals surface area contributed by atoms with Gasteiger partial charge in [0, 0.05) is 12.1 Å². The number of hydrogen-bond donors (Lipinski definition) is 1. The molecule has 0 aromatic carbocycles. The minimum Gasteiger partial charge on any atom is -0.311 e. The number of nitrogens with one attached hydrogen (secondary N) is 1. The topological polar surface area (TPSA) is 15.3 Å². The zero-order chi connectivity index (χ0) is 13.0. The van der Waals surface area contributed by atoms with Crippen molar-refractivity contribution in [3.63, 3.8) is 0 Å². The maximum Gasteiger partial charge on any atom is 0.00705 e. The molecule has 106 valence electrons. The fourth-order valence-electron chi connectivity index (χ4n) is 3.85. The lowest BCUT2D eigenvalue weighted by atomic mass is 9.83. The fourth-order valence-corrected chi connectivity index (χ4v) is 3.85. The Kier molecular flexibility index (Phi) is 5.50. The zero-order valence-corrected chi connectivity index (χ0v) is 12.6. The van der Waals surface area contributed by atoms with Crippen LogP contribution >= 0.6 is 0 Å². The summed E-state index contributed by atoms with van der Waals surface area (Å²) in [5, 5.41) is 3.92. The lowest BCUT2D eigenvalue weighted by Crippen LogP contribution is -2.46. The molecule has 0 aromatic heterocycles. The molecular formula is C16H32N2. The van der Waals surface area contributed by atoms with Crippen molar-refractivity contribution < 1.29 is 0 Å². The van der Waals surface area contributed by atoms with E-state index in [4.69, 9.17) is 0 Å². The lowest BCUT2D eigenvalue weighted by Gasteiger charge is -2.37. The third-order valence-corrected chi connectivity index (χ3v) is 5.35. The van der Waals surface area contributed by atoms with Crippen LogP contribution in [-0.2, 0) is 0 Å². The summed E-state index contributed by atoms with van der Waals surface area (Å²) in [4.78, 5) is 2.47. The fraction of sp³-hybridized carbons (Fsp3) is 1.00. The smallest absolute Gasteiger partial charge is 0.00705 e. The van der Waals surface area contributed by atoms with Crippen molar-refractivity contribution in [2.45, 2.75) is 70.9 Å². The molecule has 2 aliphatic rings. The number of hydrogen-bond acceptors (Lipinski definition) is 2. The molecule has 2 heteroatoms. The van der Waals surface area contributed by atoms with Crippen LogP contribution in [0.25, 0.3) is 0 Å². The maximum absolute atomic E-state index is 3.92. The van der Waals surface area contributed by atoms with Crippen LogP contribution in [-0.4, -0.2) is 37.1 Å². The molecule has 0 spiro atoms. The first kappa shape index (κ1) is 14.3. The Labute approximate surface area is 114 Å². The second kappa shape index (κ2) is 6.91. The van der Waals surface area contributed by atoms with Crippen LogP contribution in [0, 0.1) is 11.8 Å². The van der Waals surface area contributed by atoms with Crippen molar-refractivity contribution in [2.24, 2.45) is 11.8 Å². The molecule has 1 saturated heterocycles. The van der Waals surface area contributed by atoms with Gasteiger partial charge in [-0.15, -0.1) is 0 Å². The average molecular weight is 252 g/mol. The zero-order valence-electron chi connectivity index (χ0n) is 12.6. The number of nitrogens with zero attached hydrogens (tertiary/aromatic N) is 1. The lowest BCUT2D eigenvalue weighted by molar-refractivity contribution is 0.171. The van der Waals surface area contributed by atoms with Gasteiger partial charge in [-0.25, -0.2) is 0 Å². The van der Waals surface area contributed by atoms with Crippen molar-refractivity contribution in [3.05, 3.63) is 0 Å². The largest absolute Gasteiger partial charge is 0.311 e. The van der Waals surface area contributed by atoms with Crippen molar-refractivity contribution >= 4 is 0 Å². The van der Waals surface area contributed by atoms with Crippen LogP contribution in [0.5, 0.6) is 0 Å². The summed E-state index contributed by atoms with van der Waals surface area (Å²) < 4.78 is 0. The second-order valence-corrected chi connectivity index (χ2v) is 6.78. The summed E-state index contributed by atoms with van der Waals surface area (Å²) in [7, 11) is 2.25. The maximum atomic E-state index is 3.92. The molecule has 1 N–H and O–H groups in total. The van der Waals surface area contributed by atoms with Crippen LogP contribution in [0.2, 0.25) is 0 Å². The van der Waals surface area contributed by atoms with Gasteiger partial charge in [-0.1, -0.05) is 19.3 Å². The molecule has 1 aliphatic heterocycles. The second-order valence-electron chi connectivity index (χ2n) is 6.78. The van der Waals surface area contributed by atoms with Crippen LogP contribution in [0.4, 0.5) is 0 Å². The molecule has 2 fully saturated rings. The molecule has 1 aliphatic carbocycles. The molecule has 2 rings (SSSR count). The Morgan fingerprint density at radius 3 is 1.89 bits per heavy atom. The predicted octanol–water partition coefficient (Wildman–Crippen LogP) is 3.28. The first-order chi connectivity index (χ1) is 8.66. The summed E-state index contributed by atoms with van der Waals surface area (Å²) in [6.45, 7) is 7.40. The molecule has 1 saturated carbocycles. The van der Waals surface area contributed by atoms with Crippen molar-refractivity contribution in [2.75, 3.05) is 20.1 Å². The van der Waals surface area contributed by atoms with Gasteiger partial charge in [-0.05, 0) is 71.5 Å². The van der Waals surface area contributed by atoms with Crippen molar-refractivity contribution in [1.82, 2.24) is 10.2 Å². The van der Waals surface area contributed by atoms with Gasteiger partial charge in [0.15, 0.2) is 0 Å². The van der Waals surface area contributed by atoms with Crippen LogP contribution < -0.4 is 5.32 Å². The van der Waals surface area contributed by atoms with E-state index in [9.17, 15) is 0 Å². The SMILES string of the molecule is CC(N[C@H](C)C1CCCCC1)C1CCN(C)CC1. The minimum absolute atomic E-state index is 0.704. The van der Waals surface area contributed by atoms with E-state index < -0.39 is 0 Å². The van der Waals surface area contributed by atoms with Gasteiger partial charge in [0.05, 0.1) is 0 Å². The van der Waals surface area contributed by atoms with Crippen molar-refractivity contribution in [3.8, 4) is 0 Å². The van der Waals surface area contributed by atoms with Crippen molar-refractivity contribution in [1.29, 1.82) is 0 Å². The van der Waals surface area contributed by atoms with Gasteiger partial charge in [0.2, 0.25) is 0 Å². The standard InChI is InChI=1S/C16H32N2/c1-13(15-7-5-4-6-8-15)17-14(2)16-9-11-18(3)12-10-16/h13-17H,4-12H2,1-3H3/t13-,14?/m1/s1. The van der Waals surface area contributed by atoms with Gasteiger partial charge in [0.1, 0.15) is 0 Å². The number of piperidine rings is 1. The molecule has 2 atom stereocenters. The summed E-state index contributed by atoms with van der Waals surface area (Å²) in [6, 6.07) is 1.43. The number of likely N-dealkylation sites (tertiary alicyclic amines) is 1. The van der Waals surface area contributed by atoms with E-state index in [-0.39, 0.29) is 0 Å². The first-order valence-corrected chi connectivity index (χ1v) is 8.11. The van der Waals surface area contributed by atoms with Gasteiger partial charge >= 0.3 is 0 Å². The van der Waals surface area contributed by atoms with Gasteiger partial charge in [0.25, 0.3) is 0 Å². The minimum atomic E-state index is 0.704. The van der Waals surface area contributed by atoms with Crippen LogP contribution in [0.15, 0.2) is 0 Å². The average Bonchev–Trinajstić information content (AvgIpc) is 2.40. The Hall–Kier alpha value is -0.0800. The molecule has 1 heterocycles. The molecule has 18 heavy (non-hydrogen) atoms. The van der Waals surface area contributed by atoms with Gasteiger partial charge in [-0.2, -0.15) is 0 Å². The van der Waals surface area contributed by atoms with E-state index in [1.807, 2.05) is 0 Å². The summed E-state index contributed by atoms with van der Waals surface area (Å²) in [5.74, 6) is 1.83. The molecular weight excluding hydrogens is 220 g/mol. The summed E-state index contributed by atoms with van der Waals surface area (Å²) in [5.41, 5.74) is 0. The van der Waals surface area contributed by atoms with E-state index in [1.165, 1.54) is 58.0 Å². The molecule has 2 nitrogen and oxygen atoms in total. The predicted molar refractivity (Wildman–Crippen MR) is 78.9 cm³/mol. The molecule has 1 unspecified atom stereocenters. The first-order valence-electron chi connectivity index (χ1n) is 8.11. The highest BCUT2D eigenvalue weighted by Gasteiger charge is 2.26. The normalized spacial score (nSPS) is 28.2.